The topological polar surface area (TPSA) is 38.1 Å². The lowest BCUT2D eigenvalue weighted by molar-refractivity contribution is 0.126. The number of hydrogen-bond acceptors (Lipinski definition) is 3. The molecule has 0 aliphatic carbocycles. The van der Waals surface area contributed by atoms with Gasteiger partial charge in [0.25, 0.3) is 5.56 Å². The first kappa shape index (κ1) is 8.72. The summed E-state index contributed by atoms with van der Waals surface area (Å²) in [6.45, 7) is 1.74. The van der Waals surface area contributed by atoms with E-state index in [-0.39, 0.29) is 11.6 Å². The van der Waals surface area contributed by atoms with E-state index in [1.807, 2.05) is 7.05 Å². The third-order valence-electron chi connectivity index (χ3n) is 2.18. The van der Waals surface area contributed by atoms with Crippen LogP contribution in [0.4, 0.5) is 0 Å². The molecule has 0 spiro atoms. The fourth-order valence-electron chi connectivity index (χ4n) is 1.48. The summed E-state index contributed by atoms with van der Waals surface area (Å²) in [5.74, 6) is 0. The van der Waals surface area contributed by atoms with Crippen molar-refractivity contribution in [3.8, 4) is 0 Å². The Balaban J connectivity index is 2.29. The molecule has 1 fully saturated rings. The minimum Gasteiger partial charge on any atom is -0.302 e. The van der Waals surface area contributed by atoms with Crippen LogP contribution in [0.1, 0.15) is 6.04 Å². The van der Waals surface area contributed by atoms with Gasteiger partial charge in [-0.05, 0) is 13.1 Å². The second kappa shape index (κ2) is 3.12. The molecule has 0 bridgehead atoms. The summed E-state index contributed by atoms with van der Waals surface area (Å²) in [5, 5.41) is 4.34. The van der Waals surface area contributed by atoms with Crippen molar-refractivity contribution in [2.75, 3.05) is 20.1 Å². The molecule has 0 radical (unpaired) electrons. The standard InChI is InChI=1S/C8H10ClN3O/c1-11-4-6(5-11)12-8(13)3-2-7(9)10-12/h2-3,6H,4-5H2,1H3. The number of aromatic nitrogens is 2. The van der Waals surface area contributed by atoms with Gasteiger partial charge in [-0.15, -0.1) is 0 Å². The minimum absolute atomic E-state index is 0.0810. The monoisotopic (exact) mass is 199 g/mol. The van der Waals surface area contributed by atoms with Crippen LogP contribution >= 0.6 is 11.6 Å². The Kier molecular flexibility index (Phi) is 2.09. The number of rotatable bonds is 1. The van der Waals surface area contributed by atoms with Gasteiger partial charge in [0.2, 0.25) is 0 Å². The molecule has 4 nitrogen and oxygen atoms in total. The maximum Gasteiger partial charge on any atom is 0.267 e. The third kappa shape index (κ3) is 1.59. The van der Waals surface area contributed by atoms with Gasteiger partial charge in [-0.25, -0.2) is 4.68 Å². The van der Waals surface area contributed by atoms with E-state index in [9.17, 15) is 4.79 Å². The summed E-state index contributed by atoms with van der Waals surface area (Å²) in [6.07, 6.45) is 0. The molecule has 1 aromatic heterocycles. The maximum absolute atomic E-state index is 11.3. The number of likely N-dealkylation sites (tertiary alicyclic amines) is 1. The highest BCUT2D eigenvalue weighted by Gasteiger charge is 2.26. The summed E-state index contributed by atoms with van der Waals surface area (Å²) in [6, 6.07) is 3.16. The molecule has 1 aliphatic heterocycles. The SMILES string of the molecule is CN1CC(n2nc(Cl)ccc2=O)C1. The van der Waals surface area contributed by atoms with E-state index in [4.69, 9.17) is 11.6 Å². The molecule has 1 saturated heterocycles. The summed E-state index contributed by atoms with van der Waals surface area (Å²) in [4.78, 5) is 13.5. The Morgan fingerprint density at radius 3 is 2.85 bits per heavy atom. The highest BCUT2D eigenvalue weighted by atomic mass is 35.5. The second-order valence-corrected chi connectivity index (χ2v) is 3.70. The smallest absolute Gasteiger partial charge is 0.267 e. The zero-order chi connectivity index (χ0) is 9.42. The number of nitrogens with zero attached hydrogens (tertiary/aromatic N) is 3. The Morgan fingerprint density at radius 2 is 2.23 bits per heavy atom. The normalized spacial score (nSPS) is 18.6. The minimum atomic E-state index is -0.0810. The molecule has 13 heavy (non-hydrogen) atoms. The van der Waals surface area contributed by atoms with Crippen molar-refractivity contribution < 1.29 is 0 Å². The summed E-state index contributed by atoms with van der Waals surface area (Å²) in [5.41, 5.74) is -0.0810. The highest BCUT2D eigenvalue weighted by molar-refractivity contribution is 6.29. The van der Waals surface area contributed by atoms with E-state index in [0.29, 0.717) is 5.15 Å². The first-order valence-corrected chi connectivity index (χ1v) is 4.48. The molecule has 2 rings (SSSR count). The Morgan fingerprint density at radius 1 is 1.54 bits per heavy atom. The van der Waals surface area contributed by atoms with Gasteiger partial charge < -0.3 is 4.90 Å². The molecule has 0 amide bonds. The molecular weight excluding hydrogens is 190 g/mol. The second-order valence-electron chi connectivity index (χ2n) is 3.31. The van der Waals surface area contributed by atoms with Crippen LogP contribution in [0.2, 0.25) is 5.15 Å². The lowest BCUT2D eigenvalue weighted by atomic mass is 10.1. The first-order chi connectivity index (χ1) is 6.16. The fraction of sp³-hybridized carbons (Fsp3) is 0.500. The van der Waals surface area contributed by atoms with Crippen LogP contribution in [-0.4, -0.2) is 34.8 Å². The Bertz CT molecular complexity index is 370. The zero-order valence-corrected chi connectivity index (χ0v) is 8.03. The molecule has 0 saturated carbocycles. The summed E-state index contributed by atoms with van der Waals surface area (Å²) in [7, 11) is 2.01. The summed E-state index contributed by atoms with van der Waals surface area (Å²) >= 11 is 5.69. The fourth-order valence-corrected chi connectivity index (χ4v) is 1.63. The van der Waals surface area contributed by atoms with Gasteiger partial charge in [-0.1, -0.05) is 11.6 Å². The molecule has 0 atom stereocenters. The van der Waals surface area contributed by atoms with E-state index < -0.39 is 0 Å². The predicted molar refractivity (Wildman–Crippen MR) is 50.0 cm³/mol. The third-order valence-corrected chi connectivity index (χ3v) is 2.38. The highest BCUT2D eigenvalue weighted by Crippen LogP contribution is 2.16. The van der Waals surface area contributed by atoms with Crippen molar-refractivity contribution in [1.82, 2.24) is 14.7 Å². The van der Waals surface area contributed by atoms with Crippen LogP contribution in [0.15, 0.2) is 16.9 Å². The quantitative estimate of drug-likeness (QED) is 0.657. The van der Waals surface area contributed by atoms with E-state index in [1.54, 1.807) is 0 Å². The van der Waals surface area contributed by atoms with Gasteiger partial charge in [-0.3, -0.25) is 4.79 Å². The lowest BCUT2D eigenvalue weighted by Crippen LogP contribution is -2.48. The largest absolute Gasteiger partial charge is 0.302 e. The zero-order valence-electron chi connectivity index (χ0n) is 7.27. The van der Waals surface area contributed by atoms with Crippen LogP contribution < -0.4 is 5.56 Å². The van der Waals surface area contributed by atoms with Gasteiger partial charge in [0, 0.05) is 19.2 Å². The van der Waals surface area contributed by atoms with Crippen LogP contribution in [0, 0.1) is 0 Å². The number of hydrogen-bond donors (Lipinski definition) is 0. The molecule has 2 heterocycles. The number of likely N-dealkylation sites (N-methyl/N-ethyl adjacent to an activating group) is 1. The maximum atomic E-state index is 11.3. The van der Waals surface area contributed by atoms with Crippen molar-refractivity contribution in [2.24, 2.45) is 0 Å². The van der Waals surface area contributed by atoms with Crippen LogP contribution in [0.25, 0.3) is 0 Å². The van der Waals surface area contributed by atoms with E-state index >= 15 is 0 Å². The average molecular weight is 200 g/mol. The van der Waals surface area contributed by atoms with Crippen LogP contribution in [0.5, 0.6) is 0 Å². The van der Waals surface area contributed by atoms with Crippen molar-refractivity contribution in [3.63, 3.8) is 0 Å². The van der Waals surface area contributed by atoms with Crippen molar-refractivity contribution in [3.05, 3.63) is 27.6 Å². The molecule has 1 aliphatic rings. The molecule has 0 N–H and O–H groups in total. The molecule has 70 valence electrons. The van der Waals surface area contributed by atoms with E-state index in [1.165, 1.54) is 16.8 Å². The van der Waals surface area contributed by atoms with Crippen molar-refractivity contribution in [1.29, 1.82) is 0 Å². The van der Waals surface area contributed by atoms with Crippen LogP contribution in [-0.2, 0) is 0 Å². The Labute approximate surface area is 80.7 Å². The molecule has 0 unspecified atom stereocenters. The molecule has 5 heteroatoms. The Hall–Kier alpha value is -0.870. The summed E-state index contributed by atoms with van der Waals surface area (Å²) < 4.78 is 1.46. The lowest BCUT2D eigenvalue weighted by Gasteiger charge is -2.36. The molecule has 0 aromatic carbocycles. The average Bonchev–Trinajstić information content (AvgIpc) is 2.04. The van der Waals surface area contributed by atoms with E-state index in [2.05, 4.69) is 10.00 Å². The molecule has 1 aromatic rings. The van der Waals surface area contributed by atoms with Gasteiger partial charge in [0.05, 0.1) is 6.04 Å². The van der Waals surface area contributed by atoms with Crippen molar-refractivity contribution >= 4 is 11.6 Å². The van der Waals surface area contributed by atoms with Gasteiger partial charge in [0.1, 0.15) is 5.15 Å². The predicted octanol–water partition coefficient (Wildman–Crippen LogP) is 0.383. The first-order valence-electron chi connectivity index (χ1n) is 4.11. The number of halogens is 1. The molecular formula is C8H10ClN3O. The van der Waals surface area contributed by atoms with Gasteiger partial charge in [0.15, 0.2) is 0 Å². The van der Waals surface area contributed by atoms with Crippen molar-refractivity contribution in [2.45, 2.75) is 6.04 Å². The van der Waals surface area contributed by atoms with Gasteiger partial charge in [-0.2, -0.15) is 5.10 Å². The van der Waals surface area contributed by atoms with E-state index in [0.717, 1.165) is 13.1 Å². The van der Waals surface area contributed by atoms with Gasteiger partial charge >= 0.3 is 0 Å². The van der Waals surface area contributed by atoms with Crippen LogP contribution in [0.3, 0.4) is 0 Å².